The van der Waals surface area contributed by atoms with Gasteiger partial charge < -0.3 is 15.5 Å². The summed E-state index contributed by atoms with van der Waals surface area (Å²) in [5, 5.41) is 5.85. The van der Waals surface area contributed by atoms with E-state index in [0.29, 0.717) is 26.2 Å². The van der Waals surface area contributed by atoms with Gasteiger partial charge in [-0.2, -0.15) is 0 Å². The molecule has 1 aliphatic rings. The minimum Gasteiger partial charge on any atom is -0.352 e. The van der Waals surface area contributed by atoms with E-state index in [4.69, 9.17) is 0 Å². The fourth-order valence-corrected chi connectivity index (χ4v) is 3.64. The lowest BCUT2D eigenvalue weighted by Crippen LogP contribution is -2.39. The summed E-state index contributed by atoms with van der Waals surface area (Å²) in [5.74, 6) is -0.313. The SMILES string of the molecule is CCNC(=O)N1C[C@@H](C(=O)NCc2cccnc2)[C@H](c2ccccc2C)C1. The van der Waals surface area contributed by atoms with Crippen molar-refractivity contribution in [3.63, 3.8) is 0 Å². The molecule has 0 aliphatic carbocycles. The van der Waals surface area contributed by atoms with Crippen molar-refractivity contribution in [3.05, 3.63) is 65.5 Å². The molecule has 2 heterocycles. The summed E-state index contributed by atoms with van der Waals surface area (Å²) in [7, 11) is 0. The van der Waals surface area contributed by atoms with Crippen LogP contribution in [0.25, 0.3) is 0 Å². The molecule has 6 nitrogen and oxygen atoms in total. The number of nitrogens with one attached hydrogen (secondary N) is 2. The number of pyridine rings is 1. The summed E-state index contributed by atoms with van der Waals surface area (Å²) in [6.07, 6.45) is 3.45. The van der Waals surface area contributed by atoms with Crippen molar-refractivity contribution in [2.75, 3.05) is 19.6 Å². The van der Waals surface area contributed by atoms with Gasteiger partial charge in [-0.15, -0.1) is 0 Å². The highest BCUT2D eigenvalue weighted by Gasteiger charge is 2.40. The van der Waals surface area contributed by atoms with Crippen LogP contribution in [0.1, 0.15) is 29.5 Å². The molecule has 0 saturated carbocycles. The van der Waals surface area contributed by atoms with E-state index in [2.05, 4.69) is 34.7 Å². The molecule has 2 N–H and O–H groups in total. The first-order valence-corrected chi connectivity index (χ1v) is 9.35. The lowest BCUT2D eigenvalue weighted by molar-refractivity contribution is -0.125. The van der Waals surface area contributed by atoms with Gasteiger partial charge in [0.25, 0.3) is 0 Å². The van der Waals surface area contributed by atoms with Gasteiger partial charge in [0.1, 0.15) is 0 Å². The summed E-state index contributed by atoms with van der Waals surface area (Å²) in [4.78, 5) is 31.1. The van der Waals surface area contributed by atoms with Crippen molar-refractivity contribution >= 4 is 11.9 Å². The number of amides is 3. The Kier molecular flexibility index (Phi) is 6.06. The Bertz CT molecular complexity index is 794. The molecule has 0 radical (unpaired) electrons. The first-order valence-electron chi connectivity index (χ1n) is 9.35. The van der Waals surface area contributed by atoms with E-state index in [1.165, 1.54) is 0 Å². The van der Waals surface area contributed by atoms with Crippen molar-refractivity contribution in [2.24, 2.45) is 5.92 Å². The normalized spacial score (nSPS) is 19.0. The zero-order valence-corrected chi connectivity index (χ0v) is 15.8. The number of benzene rings is 1. The third kappa shape index (κ3) is 4.45. The van der Waals surface area contributed by atoms with Crippen LogP contribution in [0.3, 0.4) is 0 Å². The summed E-state index contributed by atoms with van der Waals surface area (Å²) < 4.78 is 0. The summed E-state index contributed by atoms with van der Waals surface area (Å²) >= 11 is 0. The van der Waals surface area contributed by atoms with Crippen LogP contribution in [0.15, 0.2) is 48.8 Å². The maximum absolute atomic E-state index is 12.9. The van der Waals surface area contributed by atoms with Gasteiger partial charge >= 0.3 is 6.03 Å². The molecule has 1 saturated heterocycles. The molecule has 3 amide bonds. The van der Waals surface area contributed by atoms with Crippen LogP contribution >= 0.6 is 0 Å². The number of aromatic nitrogens is 1. The highest BCUT2D eigenvalue weighted by molar-refractivity contribution is 5.83. The molecule has 1 aromatic carbocycles. The number of hydrogen-bond donors (Lipinski definition) is 2. The average molecular weight is 366 g/mol. The van der Waals surface area contributed by atoms with Crippen molar-refractivity contribution in [2.45, 2.75) is 26.3 Å². The number of carbonyl (C=O) groups is 2. The molecule has 27 heavy (non-hydrogen) atoms. The molecule has 142 valence electrons. The highest BCUT2D eigenvalue weighted by atomic mass is 16.2. The lowest BCUT2D eigenvalue weighted by atomic mass is 9.86. The highest BCUT2D eigenvalue weighted by Crippen LogP contribution is 2.34. The van der Waals surface area contributed by atoms with E-state index >= 15 is 0 Å². The Labute approximate surface area is 160 Å². The molecule has 0 bridgehead atoms. The minimum absolute atomic E-state index is 0.0114. The fraction of sp³-hybridized carbons (Fsp3) is 0.381. The quantitative estimate of drug-likeness (QED) is 0.854. The summed E-state index contributed by atoms with van der Waals surface area (Å²) in [5.41, 5.74) is 3.23. The van der Waals surface area contributed by atoms with Crippen molar-refractivity contribution in [3.8, 4) is 0 Å². The van der Waals surface area contributed by atoms with Gasteiger partial charge in [0.15, 0.2) is 0 Å². The van der Waals surface area contributed by atoms with E-state index in [0.717, 1.165) is 16.7 Å². The Morgan fingerprint density at radius 1 is 1.15 bits per heavy atom. The molecule has 1 aliphatic heterocycles. The minimum atomic E-state index is -0.273. The molecular weight excluding hydrogens is 340 g/mol. The number of urea groups is 1. The molecule has 2 aromatic rings. The number of rotatable bonds is 5. The second-order valence-electron chi connectivity index (χ2n) is 6.89. The van der Waals surface area contributed by atoms with Crippen LogP contribution in [0.2, 0.25) is 0 Å². The number of aryl methyl sites for hydroxylation is 1. The van der Waals surface area contributed by atoms with E-state index in [-0.39, 0.29) is 23.8 Å². The predicted molar refractivity (Wildman–Crippen MR) is 104 cm³/mol. The fourth-order valence-electron chi connectivity index (χ4n) is 3.64. The molecule has 0 spiro atoms. The van der Waals surface area contributed by atoms with Crippen LogP contribution < -0.4 is 10.6 Å². The average Bonchev–Trinajstić information content (AvgIpc) is 3.13. The molecule has 2 atom stereocenters. The van der Waals surface area contributed by atoms with Gasteiger partial charge in [0, 0.05) is 44.5 Å². The largest absolute Gasteiger partial charge is 0.352 e. The number of hydrogen-bond acceptors (Lipinski definition) is 3. The predicted octanol–water partition coefficient (Wildman–Crippen LogP) is 2.45. The number of likely N-dealkylation sites (tertiary alicyclic amines) is 1. The maximum Gasteiger partial charge on any atom is 0.317 e. The van der Waals surface area contributed by atoms with Gasteiger partial charge in [-0.1, -0.05) is 30.3 Å². The maximum atomic E-state index is 12.9. The Balaban J connectivity index is 1.77. The molecule has 1 fully saturated rings. The first kappa shape index (κ1) is 18.9. The van der Waals surface area contributed by atoms with Crippen LogP contribution in [-0.4, -0.2) is 41.5 Å². The zero-order chi connectivity index (χ0) is 19.2. The van der Waals surface area contributed by atoms with E-state index < -0.39 is 0 Å². The summed E-state index contributed by atoms with van der Waals surface area (Å²) in [6, 6.07) is 11.8. The monoisotopic (exact) mass is 366 g/mol. The molecular formula is C21H26N4O2. The van der Waals surface area contributed by atoms with E-state index in [1.807, 2.05) is 31.2 Å². The van der Waals surface area contributed by atoms with E-state index in [9.17, 15) is 9.59 Å². The Morgan fingerprint density at radius 2 is 1.96 bits per heavy atom. The molecule has 0 unspecified atom stereocenters. The number of carbonyl (C=O) groups excluding carboxylic acids is 2. The number of nitrogens with zero attached hydrogens (tertiary/aromatic N) is 2. The summed E-state index contributed by atoms with van der Waals surface area (Å²) in [6.45, 7) is 5.91. The van der Waals surface area contributed by atoms with Crippen LogP contribution in [-0.2, 0) is 11.3 Å². The van der Waals surface area contributed by atoms with Gasteiger partial charge in [0.2, 0.25) is 5.91 Å². The van der Waals surface area contributed by atoms with Crippen LogP contribution in [0, 0.1) is 12.8 Å². The third-order valence-corrected chi connectivity index (χ3v) is 5.05. The zero-order valence-electron chi connectivity index (χ0n) is 15.8. The van der Waals surface area contributed by atoms with Gasteiger partial charge in [-0.05, 0) is 36.6 Å². The van der Waals surface area contributed by atoms with Gasteiger partial charge in [-0.25, -0.2) is 4.79 Å². The van der Waals surface area contributed by atoms with E-state index in [1.54, 1.807) is 17.3 Å². The third-order valence-electron chi connectivity index (χ3n) is 5.05. The van der Waals surface area contributed by atoms with Gasteiger partial charge in [0.05, 0.1) is 5.92 Å². The second-order valence-corrected chi connectivity index (χ2v) is 6.89. The van der Waals surface area contributed by atoms with Crippen molar-refractivity contribution in [1.82, 2.24) is 20.5 Å². The van der Waals surface area contributed by atoms with Crippen LogP contribution in [0.5, 0.6) is 0 Å². The smallest absolute Gasteiger partial charge is 0.317 e. The molecule has 1 aromatic heterocycles. The first-order chi connectivity index (χ1) is 13.1. The molecule has 3 rings (SSSR count). The van der Waals surface area contributed by atoms with Crippen molar-refractivity contribution < 1.29 is 9.59 Å². The Hall–Kier alpha value is -2.89. The van der Waals surface area contributed by atoms with Crippen LogP contribution in [0.4, 0.5) is 4.79 Å². The standard InChI is InChI=1S/C21H26N4O2/c1-3-23-21(27)25-13-18(17-9-5-4-7-15(17)2)19(14-25)20(26)24-12-16-8-6-10-22-11-16/h4-11,18-19H,3,12-14H2,1-2H3,(H,23,27)(H,24,26)/t18-,19+/m0/s1. The second kappa shape index (κ2) is 8.66. The van der Waals surface area contributed by atoms with Crippen molar-refractivity contribution in [1.29, 1.82) is 0 Å². The molecule has 6 heteroatoms. The Morgan fingerprint density at radius 3 is 2.67 bits per heavy atom. The van der Waals surface area contributed by atoms with Gasteiger partial charge in [-0.3, -0.25) is 9.78 Å². The topological polar surface area (TPSA) is 74.3 Å². The lowest BCUT2D eigenvalue weighted by Gasteiger charge is -2.20.